The number of hydrogen-bond donors (Lipinski definition) is 2. The van der Waals surface area contributed by atoms with Crippen molar-refractivity contribution in [2.45, 2.75) is 57.4 Å². The summed E-state index contributed by atoms with van der Waals surface area (Å²) in [6.07, 6.45) is 3.65. The second kappa shape index (κ2) is 7.17. The lowest BCUT2D eigenvalue weighted by atomic mass is 10.2. The van der Waals surface area contributed by atoms with Crippen LogP contribution in [-0.2, 0) is 4.79 Å². The van der Waals surface area contributed by atoms with Gasteiger partial charge in [0, 0.05) is 17.3 Å². The van der Waals surface area contributed by atoms with Gasteiger partial charge in [-0.05, 0) is 18.6 Å². The summed E-state index contributed by atoms with van der Waals surface area (Å²) in [5.74, 6) is 1.28. The fraction of sp³-hybridized carbons (Fsp3) is 0.917. The monoisotopic (exact) mass is 244 g/mol. The molecule has 1 aliphatic rings. The molecule has 16 heavy (non-hydrogen) atoms. The number of carbonyl (C=O) groups is 1. The Bertz CT molecular complexity index is 221. The van der Waals surface area contributed by atoms with E-state index in [0.717, 1.165) is 12.2 Å². The molecule has 94 valence electrons. The minimum atomic E-state index is 0.141. The predicted octanol–water partition coefficient (Wildman–Crippen LogP) is 1.77. The lowest BCUT2D eigenvalue weighted by Gasteiger charge is -2.20. The number of thioether (sulfide) groups is 1. The molecule has 2 atom stereocenters. The Labute approximate surface area is 103 Å². The van der Waals surface area contributed by atoms with Gasteiger partial charge in [0.2, 0.25) is 5.91 Å². The van der Waals surface area contributed by atoms with Gasteiger partial charge in [-0.1, -0.05) is 27.2 Å². The Hall–Kier alpha value is -0.220. The zero-order chi connectivity index (χ0) is 12.0. The van der Waals surface area contributed by atoms with Crippen LogP contribution in [0.25, 0.3) is 0 Å². The van der Waals surface area contributed by atoms with Gasteiger partial charge in [0.15, 0.2) is 0 Å². The van der Waals surface area contributed by atoms with Crippen LogP contribution in [0.3, 0.4) is 0 Å². The molecule has 0 aromatic heterocycles. The van der Waals surface area contributed by atoms with E-state index in [4.69, 9.17) is 0 Å². The summed E-state index contributed by atoms with van der Waals surface area (Å²) in [4.78, 5) is 11.7. The van der Waals surface area contributed by atoms with E-state index in [2.05, 4.69) is 31.4 Å². The van der Waals surface area contributed by atoms with Crippen molar-refractivity contribution >= 4 is 17.7 Å². The van der Waals surface area contributed by atoms with Crippen molar-refractivity contribution in [2.75, 3.05) is 12.3 Å². The van der Waals surface area contributed by atoms with Crippen molar-refractivity contribution in [2.24, 2.45) is 0 Å². The van der Waals surface area contributed by atoms with Crippen LogP contribution in [0.2, 0.25) is 0 Å². The lowest BCUT2D eigenvalue weighted by Crippen LogP contribution is -2.44. The number of amides is 1. The smallest absolute Gasteiger partial charge is 0.234 e. The first-order valence-electron chi connectivity index (χ1n) is 6.27. The molecule has 0 spiro atoms. The molecule has 0 bridgehead atoms. The van der Waals surface area contributed by atoms with Crippen LogP contribution in [-0.4, -0.2) is 35.5 Å². The quantitative estimate of drug-likeness (QED) is 0.748. The van der Waals surface area contributed by atoms with Crippen molar-refractivity contribution < 1.29 is 4.79 Å². The molecule has 1 saturated carbocycles. The molecule has 1 amide bonds. The summed E-state index contributed by atoms with van der Waals surface area (Å²) in [5.41, 5.74) is 0. The Balaban J connectivity index is 2.26. The molecule has 1 rings (SSSR count). The fourth-order valence-corrected chi connectivity index (χ4v) is 3.26. The van der Waals surface area contributed by atoms with Crippen molar-refractivity contribution in [1.29, 1.82) is 0 Å². The largest absolute Gasteiger partial charge is 0.351 e. The molecule has 0 saturated heterocycles. The predicted molar refractivity (Wildman–Crippen MR) is 70.8 cm³/mol. The van der Waals surface area contributed by atoms with Crippen molar-refractivity contribution in [3.8, 4) is 0 Å². The van der Waals surface area contributed by atoms with Crippen LogP contribution in [0.5, 0.6) is 0 Å². The van der Waals surface area contributed by atoms with E-state index in [1.165, 1.54) is 12.8 Å². The van der Waals surface area contributed by atoms with E-state index >= 15 is 0 Å². The van der Waals surface area contributed by atoms with Crippen molar-refractivity contribution in [1.82, 2.24) is 10.6 Å². The minimum absolute atomic E-state index is 0.141. The molecular formula is C12H24N2OS. The van der Waals surface area contributed by atoms with Crippen LogP contribution in [0.1, 0.15) is 40.0 Å². The van der Waals surface area contributed by atoms with Gasteiger partial charge in [0.05, 0.1) is 6.54 Å². The highest BCUT2D eigenvalue weighted by Crippen LogP contribution is 2.29. The minimum Gasteiger partial charge on any atom is -0.351 e. The Morgan fingerprint density at radius 1 is 1.44 bits per heavy atom. The van der Waals surface area contributed by atoms with Gasteiger partial charge in [-0.25, -0.2) is 0 Å². The second-order valence-electron chi connectivity index (χ2n) is 4.63. The summed E-state index contributed by atoms with van der Waals surface area (Å²) in [6.45, 7) is 6.73. The van der Waals surface area contributed by atoms with E-state index in [9.17, 15) is 4.79 Å². The van der Waals surface area contributed by atoms with Gasteiger partial charge in [0.1, 0.15) is 0 Å². The Morgan fingerprint density at radius 2 is 2.19 bits per heavy atom. The normalized spacial score (nSPS) is 25.0. The average molecular weight is 244 g/mol. The lowest BCUT2D eigenvalue weighted by molar-refractivity contribution is -0.121. The van der Waals surface area contributed by atoms with Crippen LogP contribution in [0.15, 0.2) is 0 Å². The second-order valence-corrected chi connectivity index (χ2v) is 6.15. The summed E-state index contributed by atoms with van der Waals surface area (Å²) < 4.78 is 0. The van der Waals surface area contributed by atoms with Gasteiger partial charge >= 0.3 is 0 Å². The maximum absolute atomic E-state index is 11.7. The maximum atomic E-state index is 11.7. The van der Waals surface area contributed by atoms with Crippen LogP contribution >= 0.6 is 11.8 Å². The zero-order valence-electron chi connectivity index (χ0n) is 10.6. The standard InChI is InChI=1S/C12H24N2OS/c1-4-16-11-7-5-6-10(11)14-12(15)8-13-9(2)3/h9-11,13H,4-8H2,1-3H3,(H,14,15). The maximum Gasteiger partial charge on any atom is 0.234 e. The van der Waals surface area contributed by atoms with Crippen LogP contribution in [0, 0.1) is 0 Å². The third-order valence-electron chi connectivity index (χ3n) is 2.85. The molecule has 1 fully saturated rings. The van der Waals surface area contributed by atoms with E-state index in [0.29, 0.717) is 23.9 Å². The Kier molecular flexibility index (Phi) is 6.21. The summed E-state index contributed by atoms with van der Waals surface area (Å²) in [7, 11) is 0. The first-order chi connectivity index (χ1) is 7.63. The number of rotatable bonds is 6. The molecule has 0 heterocycles. The molecule has 0 aromatic carbocycles. The molecule has 0 aliphatic heterocycles. The summed E-state index contributed by atoms with van der Waals surface area (Å²) >= 11 is 1.98. The van der Waals surface area contributed by atoms with Gasteiger partial charge in [0.25, 0.3) is 0 Å². The molecule has 2 unspecified atom stereocenters. The number of nitrogens with one attached hydrogen (secondary N) is 2. The third kappa shape index (κ3) is 4.74. The van der Waals surface area contributed by atoms with Gasteiger partial charge in [-0.2, -0.15) is 11.8 Å². The first kappa shape index (κ1) is 13.8. The van der Waals surface area contributed by atoms with E-state index in [-0.39, 0.29) is 5.91 Å². The highest BCUT2D eigenvalue weighted by Gasteiger charge is 2.28. The van der Waals surface area contributed by atoms with E-state index < -0.39 is 0 Å². The zero-order valence-corrected chi connectivity index (χ0v) is 11.4. The molecule has 3 nitrogen and oxygen atoms in total. The number of carbonyl (C=O) groups excluding carboxylic acids is 1. The van der Waals surface area contributed by atoms with E-state index in [1.54, 1.807) is 0 Å². The van der Waals surface area contributed by atoms with Crippen LogP contribution in [0.4, 0.5) is 0 Å². The Morgan fingerprint density at radius 3 is 2.81 bits per heavy atom. The molecule has 0 radical (unpaired) electrons. The van der Waals surface area contributed by atoms with Gasteiger partial charge in [-0.15, -0.1) is 0 Å². The third-order valence-corrected chi connectivity index (χ3v) is 4.18. The SMILES string of the molecule is CCSC1CCCC1NC(=O)CNC(C)C. The van der Waals surface area contributed by atoms with Crippen LogP contribution < -0.4 is 10.6 Å². The molecule has 2 N–H and O–H groups in total. The van der Waals surface area contributed by atoms with Gasteiger partial charge < -0.3 is 10.6 Å². The van der Waals surface area contributed by atoms with E-state index in [1.807, 2.05) is 11.8 Å². The molecular weight excluding hydrogens is 220 g/mol. The topological polar surface area (TPSA) is 41.1 Å². The van der Waals surface area contributed by atoms with Gasteiger partial charge in [-0.3, -0.25) is 4.79 Å². The molecule has 4 heteroatoms. The summed E-state index contributed by atoms with van der Waals surface area (Å²) in [5, 5.41) is 6.93. The number of hydrogen-bond acceptors (Lipinski definition) is 3. The summed E-state index contributed by atoms with van der Waals surface area (Å²) in [6, 6.07) is 0.765. The molecule has 0 aromatic rings. The molecule has 1 aliphatic carbocycles. The highest BCUT2D eigenvalue weighted by atomic mass is 32.2. The highest BCUT2D eigenvalue weighted by molar-refractivity contribution is 7.99. The average Bonchev–Trinajstić information content (AvgIpc) is 2.63. The van der Waals surface area contributed by atoms with Crippen molar-refractivity contribution in [3.63, 3.8) is 0 Å². The first-order valence-corrected chi connectivity index (χ1v) is 7.32. The fourth-order valence-electron chi connectivity index (χ4n) is 2.06. The van der Waals surface area contributed by atoms with Crippen molar-refractivity contribution in [3.05, 3.63) is 0 Å².